The summed E-state index contributed by atoms with van der Waals surface area (Å²) < 4.78 is 0. The highest BCUT2D eigenvalue weighted by Gasteiger charge is 2.29. The molecule has 0 radical (unpaired) electrons. The van der Waals surface area contributed by atoms with Crippen LogP contribution in [0.2, 0.25) is 0 Å². The van der Waals surface area contributed by atoms with Gasteiger partial charge in [0, 0.05) is 121 Å². The largest absolute Gasteiger partial charge is 0.392 e. The molecule has 652 valence electrons. The first-order valence-corrected chi connectivity index (χ1v) is 46.9. The molecule has 0 aliphatic heterocycles. The Bertz CT molecular complexity index is 1780. The van der Waals surface area contributed by atoms with E-state index >= 15 is 0 Å². The molecule has 0 saturated heterocycles. The van der Waals surface area contributed by atoms with Gasteiger partial charge in [-0.15, -0.1) is 0 Å². The molecule has 10 rings (SSSR count). The number of rotatable bonds is 20. The average molecular weight is 1530 g/mol. The Kier molecular flexibility index (Phi) is 65.5. The third-order valence-corrected chi connectivity index (χ3v) is 24.0. The molecular weight excluding hydrogens is 1330 g/mol. The van der Waals surface area contributed by atoms with E-state index in [1.54, 1.807) is 0 Å². The van der Waals surface area contributed by atoms with Crippen LogP contribution in [0.1, 0.15) is 440 Å². The molecule has 10 aliphatic rings. The van der Waals surface area contributed by atoms with Crippen molar-refractivity contribution >= 4 is 0 Å². The van der Waals surface area contributed by atoms with E-state index in [4.69, 9.17) is 0 Å². The lowest BCUT2D eigenvalue weighted by atomic mass is 9.87. The van der Waals surface area contributed by atoms with Crippen molar-refractivity contribution in [3.8, 4) is 0 Å². The van der Waals surface area contributed by atoms with Gasteiger partial charge in [-0.1, -0.05) is 286 Å². The fourth-order valence-corrected chi connectivity index (χ4v) is 18.9. The van der Waals surface area contributed by atoms with E-state index in [0.717, 1.165) is 121 Å². The van der Waals surface area contributed by atoms with Crippen LogP contribution >= 0.6 is 0 Å². The number of hydrogen-bond acceptors (Lipinski definition) is 12. The second kappa shape index (κ2) is 64.6. The summed E-state index contributed by atoms with van der Waals surface area (Å²) in [5, 5.41) is 54.5. The topological polar surface area (TPSA) is 161 Å². The molecule has 0 amide bonds. The second-order valence-corrected chi connectivity index (χ2v) is 40.3. The van der Waals surface area contributed by atoms with Crippen molar-refractivity contribution in [1.82, 2.24) is 53.2 Å². The Morgan fingerprint density at radius 3 is 0.611 bits per heavy atom. The van der Waals surface area contributed by atoms with Crippen LogP contribution in [-0.2, 0) is 0 Å². The van der Waals surface area contributed by atoms with Gasteiger partial charge in [0.05, 0.1) is 12.2 Å². The van der Waals surface area contributed by atoms with Crippen LogP contribution in [0.15, 0.2) is 0 Å². The molecule has 2 unspecified atom stereocenters. The molecule has 18 atom stereocenters. The first kappa shape index (κ1) is 110. The monoisotopic (exact) mass is 1530 g/mol. The highest BCUT2D eigenvalue weighted by Crippen LogP contribution is 2.30. The molecule has 0 aromatic carbocycles. The fourth-order valence-electron chi connectivity index (χ4n) is 18.9. The van der Waals surface area contributed by atoms with Crippen molar-refractivity contribution in [2.24, 2.45) is 47.3 Å². The third kappa shape index (κ3) is 59.2. The quantitative estimate of drug-likeness (QED) is 0.0560. The van der Waals surface area contributed by atoms with E-state index in [2.05, 4.69) is 247 Å². The molecule has 10 saturated carbocycles. The van der Waals surface area contributed by atoms with Crippen molar-refractivity contribution in [3.63, 3.8) is 0 Å². The third-order valence-electron chi connectivity index (χ3n) is 24.0. The zero-order valence-electron chi connectivity index (χ0n) is 76.7. The van der Waals surface area contributed by atoms with Crippen molar-refractivity contribution in [2.75, 3.05) is 0 Å². The fraction of sp³-hybridized carbons (Fsp3) is 1.00. The van der Waals surface area contributed by atoms with Gasteiger partial charge in [0.1, 0.15) is 0 Å². The zero-order chi connectivity index (χ0) is 79.8. The van der Waals surface area contributed by atoms with Crippen LogP contribution in [0.25, 0.3) is 0 Å². The van der Waals surface area contributed by atoms with Gasteiger partial charge >= 0.3 is 0 Å². The standard InChI is InChI=1S/5C10H21N.C9H19NO.3C9H19N.C8H17NO.2CH4/c1-8(2)11-10-6-4-9(3)5-7-10;4*1-8(2)11-10-6-4-5-9(3)7-10;1-7(2)10-8-5-3-4-6-9(8)11;1-7(2)10-9-5-4-8(3)6-9;2*1-7(2)10-9-6-4-5-8(9)3;1-6(2)9-7-4-3-5-8(7)10;;/h5*8-11H,4-7H2,1-3H3;7-11H,3-6H2,1-2H3;3*7-10H,4-6H2,1-3H3;6-10H,3-5H2,1-2H3;2*1H4/t;2*9-,10+;2*9-,10-;8-,9-;;8-,9+;8-,9-;7-,8+;;/m.10100.101../s1. The summed E-state index contributed by atoms with van der Waals surface area (Å²) in [4.78, 5) is 0. The predicted molar refractivity (Wildman–Crippen MR) is 486 cm³/mol. The summed E-state index contributed by atoms with van der Waals surface area (Å²) in [6.07, 6.45) is 48.5. The summed E-state index contributed by atoms with van der Waals surface area (Å²) in [5.74, 6) is 7.52. The predicted octanol–water partition coefficient (Wildman–Crippen LogP) is 22.8. The molecular formula is C96H206N10O2. The highest BCUT2D eigenvalue weighted by molar-refractivity contribution is 4.87. The number of aliphatic hydroxyl groups is 2. The number of aliphatic hydroxyl groups excluding tert-OH is 2. The van der Waals surface area contributed by atoms with E-state index in [-0.39, 0.29) is 27.1 Å². The van der Waals surface area contributed by atoms with E-state index in [0.29, 0.717) is 72.5 Å². The highest BCUT2D eigenvalue weighted by atomic mass is 16.3. The summed E-state index contributed by atoms with van der Waals surface area (Å²) in [5.41, 5.74) is 0. The lowest BCUT2D eigenvalue weighted by Gasteiger charge is -2.30. The maximum absolute atomic E-state index is 9.56. The van der Waals surface area contributed by atoms with Gasteiger partial charge < -0.3 is 63.4 Å². The lowest BCUT2D eigenvalue weighted by Crippen LogP contribution is -2.45. The molecule has 12 heteroatoms. The minimum Gasteiger partial charge on any atom is -0.392 e. The molecule has 0 aromatic rings. The summed E-state index contributed by atoms with van der Waals surface area (Å²) in [6, 6.07) is 13.4. The normalized spacial score (nSPS) is 32.4. The van der Waals surface area contributed by atoms with Gasteiger partial charge in [-0.25, -0.2) is 0 Å². The van der Waals surface area contributed by atoms with Crippen molar-refractivity contribution in [1.29, 1.82) is 0 Å². The summed E-state index contributed by atoms with van der Waals surface area (Å²) in [6.45, 7) is 63.1. The molecule has 0 spiro atoms. The maximum atomic E-state index is 9.56. The van der Waals surface area contributed by atoms with Crippen molar-refractivity contribution in [3.05, 3.63) is 0 Å². The van der Waals surface area contributed by atoms with Gasteiger partial charge in [-0.3, -0.25) is 0 Å². The Morgan fingerprint density at radius 1 is 0.185 bits per heavy atom. The van der Waals surface area contributed by atoms with Crippen LogP contribution in [0, 0.1) is 47.3 Å². The molecule has 10 aliphatic carbocycles. The second-order valence-electron chi connectivity index (χ2n) is 40.3. The van der Waals surface area contributed by atoms with Crippen molar-refractivity contribution < 1.29 is 10.2 Å². The Morgan fingerprint density at radius 2 is 0.380 bits per heavy atom. The minimum absolute atomic E-state index is 0. The van der Waals surface area contributed by atoms with E-state index < -0.39 is 0 Å². The van der Waals surface area contributed by atoms with E-state index in [9.17, 15) is 10.2 Å². The van der Waals surface area contributed by atoms with Crippen LogP contribution in [0.5, 0.6) is 0 Å². The Labute approximate surface area is 680 Å². The van der Waals surface area contributed by atoms with Gasteiger partial charge in [0.15, 0.2) is 0 Å². The number of nitrogens with one attached hydrogen (secondary N) is 10. The van der Waals surface area contributed by atoms with E-state index in [1.807, 2.05) is 0 Å². The molecule has 108 heavy (non-hydrogen) atoms. The number of hydrogen-bond donors (Lipinski definition) is 12. The Hall–Kier alpha value is -0.480. The van der Waals surface area contributed by atoms with Crippen molar-refractivity contribution in [2.45, 2.75) is 573 Å². The van der Waals surface area contributed by atoms with Crippen LogP contribution in [0.3, 0.4) is 0 Å². The van der Waals surface area contributed by atoms with Gasteiger partial charge in [0.25, 0.3) is 0 Å². The van der Waals surface area contributed by atoms with Gasteiger partial charge in [-0.05, 0) is 201 Å². The SMILES string of the molecule is C.C.CC(C)N[C@@H]1CCC[C@@H](C)C1.CC(C)N[C@@H]1CCC[C@@H]1O.CC(C)N[C@@H]1CCC[C@H](C)C1.CC(C)N[C@H]1CCCC[C@@H]1O.CC(C)N[C@H]1CCC[C@@H](C)C1.CC(C)N[C@H]1CCC[C@@H]1C.CC(C)N[C@H]1CCC[C@H](C)C1.CC(C)N[C@H]1CCC[C@H]1C.CC1CCC(NC(C)C)C1.CC1CCC(NC(C)C)CC1. The maximum Gasteiger partial charge on any atom is 0.0693 e. The molecule has 12 N–H and O–H groups in total. The van der Waals surface area contributed by atoms with Crippen LogP contribution in [-0.4, -0.2) is 143 Å². The summed E-state index contributed by atoms with van der Waals surface area (Å²) in [7, 11) is 0. The average Bonchev–Trinajstić information content (AvgIpc) is 1.87. The molecule has 0 bridgehead atoms. The minimum atomic E-state index is -0.105. The van der Waals surface area contributed by atoms with Crippen LogP contribution in [0.4, 0.5) is 0 Å². The first-order chi connectivity index (χ1) is 49.9. The lowest BCUT2D eigenvalue weighted by molar-refractivity contribution is 0.0870. The van der Waals surface area contributed by atoms with E-state index in [1.165, 1.54) is 205 Å². The van der Waals surface area contributed by atoms with Crippen LogP contribution < -0.4 is 53.2 Å². The zero-order valence-corrected chi connectivity index (χ0v) is 76.7. The molecule has 0 aromatic heterocycles. The molecule has 12 nitrogen and oxygen atoms in total. The molecule has 0 heterocycles. The smallest absolute Gasteiger partial charge is 0.0693 e. The van der Waals surface area contributed by atoms with Gasteiger partial charge in [0.2, 0.25) is 0 Å². The van der Waals surface area contributed by atoms with Gasteiger partial charge in [-0.2, -0.15) is 0 Å². The Balaban J connectivity index is 0. The summed E-state index contributed by atoms with van der Waals surface area (Å²) >= 11 is 0. The first-order valence-electron chi connectivity index (χ1n) is 46.9. The molecule has 10 fully saturated rings.